The zero-order valence-corrected chi connectivity index (χ0v) is 16.6. The molecule has 1 aromatic carbocycles. The van der Waals surface area contributed by atoms with Gasteiger partial charge in [0.15, 0.2) is 0 Å². The lowest BCUT2D eigenvalue weighted by atomic mass is 9.97. The summed E-state index contributed by atoms with van der Waals surface area (Å²) < 4.78 is 11.1. The maximum atomic E-state index is 12.8. The molecule has 3 saturated heterocycles. The van der Waals surface area contributed by atoms with Crippen LogP contribution in [0.25, 0.3) is 0 Å². The van der Waals surface area contributed by atoms with Gasteiger partial charge >= 0.3 is 6.03 Å². The van der Waals surface area contributed by atoms with E-state index in [0.29, 0.717) is 18.5 Å². The highest BCUT2D eigenvalue weighted by molar-refractivity contribution is 5.74. The SMILES string of the molecule is O=C(NC[C@H]([C@H]1CCOC1)N1CCOCC1)N1CCN(c2ccccc2)CC1. The number of amides is 2. The maximum absolute atomic E-state index is 12.8. The molecule has 2 atom stereocenters. The second-order valence-electron chi connectivity index (χ2n) is 7.84. The molecule has 7 nitrogen and oxygen atoms in total. The van der Waals surface area contributed by atoms with Gasteiger partial charge in [0.1, 0.15) is 0 Å². The fourth-order valence-electron chi connectivity index (χ4n) is 4.47. The summed E-state index contributed by atoms with van der Waals surface area (Å²) in [7, 11) is 0. The minimum atomic E-state index is 0.0601. The number of piperazine rings is 1. The van der Waals surface area contributed by atoms with Crippen molar-refractivity contribution in [2.24, 2.45) is 5.92 Å². The molecule has 4 rings (SSSR count). The van der Waals surface area contributed by atoms with Crippen LogP contribution in [0.3, 0.4) is 0 Å². The average Bonchev–Trinajstić information content (AvgIpc) is 3.30. The van der Waals surface area contributed by atoms with E-state index in [0.717, 1.165) is 72.1 Å². The van der Waals surface area contributed by atoms with E-state index in [1.165, 1.54) is 5.69 Å². The Balaban J connectivity index is 1.27. The minimum Gasteiger partial charge on any atom is -0.381 e. The van der Waals surface area contributed by atoms with Crippen LogP contribution < -0.4 is 10.2 Å². The summed E-state index contributed by atoms with van der Waals surface area (Å²) in [6.07, 6.45) is 1.08. The number of nitrogens with zero attached hydrogens (tertiary/aromatic N) is 3. The first kappa shape index (κ1) is 19.5. The standard InChI is InChI=1S/C21H32N4O3/c26-21(25-9-7-23(8-10-25)19-4-2-1-3-5-19)22-16-20(18-6-13-28-17-18)24-11-14-27-15-12-24/h1-5,18,20H,6-17H2,(H,22,26)/t18-,20+/m0/s1. The smallest absolute Gasteiger partial charge is 0.317 e. The van der Waals surface area contributed by atoms with Crippen molar-refractivity contribution in [3.63, 3.8) is 0 Å². The van der Waals surface area contributed by atoms with Crippen molar-refractivity contribution in [3.05, 3.63) is 30.3 Å². The topological polar surface area (TPSA) is 57.3 Å². The number of nitrogens with one attached hydrogen (secondary N) is 1. The van der Waals surface area contributed by atoms with Crippen molar-refractivity contribution in [2.45, 2.75) is 12.5 Å². The van der Waals surface area contributed by atoms with Crippen LogP contribution in [0.15, 0.2) is 30.3 Å². The van der Waals surface area contributed by atoms with Gasteiger partial charge in [-0.2, -0.15) is 0 Å². The van der Waals surface area contributed by atoms with Crippen LogP contribution in [-0.2, 0) is 9.47 Å². The largest absolute Gasteiger partial charge is 0.381 e. The number of hydrogen-bond donors (Lipinski definition) is 1. The Morgan fingerprint density at radius 2 is 1.75 bits per heavy atom. The van der Waals surface area contributed by atoms with Crippen molar-refractivity contribution in [2.75, 3.05) is 77.1 Å². The number of carbonyl (C=O) groups is 1. The third kappa shape index (κ3) is 4.77. The summed E-state index contributed by atoms with van der Waals surface area (Å²) >= 11 is 0. The van der Waals surface area contributed by atoms with Crippen LogP contribution in [0.2, 0.25) is 0 Å². The van der Waals surface area contributed by atoms with Gasteiger partial charge in [0.25, 0.3) is 0 Å². The van der Waals surface area contributed by atoms with Gasteiger partial charge in [-0.3, -0.25) is 4.90 Å². The molecule has 7 heteroatoms. The summed E-state index contributed by atoms with van der Waals surface area (Å²) in [5.74, 6) is 0.494. The van der Waals surface area contributed by atoms with Gasteiger partial charge in [-0.1, -0.05) is 18.2 Å². The Bertz CT molecular complexity index is 609. The summed E-state index contributed by atoms with van der Waals surface area (Å²) in [5.41, 5.74) is 1.23. The summed E-state index contributed by atoms with van der Waals surface area (Å²) in [5, 5.41) is 3.21. The van der Waals surface area contributed by atoms with Gasteiger partial charge in [0.2, 0.25) is 0 Å². The van der Waals surface area contributed by atoms with Gasteiger partial charge in [0.05, 0.1) is 19.8 Å². The highest BCUT2D eigenvalue weighted by atomic mass is 16.5. The number of rotatable bonds is 5. The summed E-state index contributed by atoms with van der Waals surface area (Å²) in [6.45, 7) is 9.02. The summed E-state index contributed by atoms with van der Waals surface area (Å²) in [6, 6.07) is 10.8. The van der Waals surface area contributed by atoms with E-state index in [1.807, 2.05) is 11.0 Å². The van der Waals surface area contributed by atoms with Gasteiger partial charge in [-0.25, -0.2) is 4.79 Å². The number of ether oxygens (including phenoxy) is 2. The molecular formula is C21H32N4O3. The van der Waals surface area contributed by atoms with Crippen molar-refractivity contribution >= 4 is 11.7 Å². The fraction of sp³-hybridized carbons (Fsp3) is 0.667. The number of morpholine rings is 1. The Morgan fingerprint density at radius 3 is 2.43 bits per heavy atom. The lowest BCUT2D eigenvalue weighted by Gasteiger charge is -2.39. The Labute approximate surface area is 167 Å². The predicted molar refractivity (Wildman–Crippen MR) is 109 cm³/mol. The fourth-order valence-corrected chi connectivity index (χ4v) is 4.47. The molecule has 0 spiro atoms. The predicted octanol–water partition coefficient (Wildman–Crippen LogP) is 1.26. The molecule has 3 heterocycles. The third-order valence-corrected chi connectivity index (χ3v) is 6.17. The third-order valence-electron chi connectivity index (χ3n) is 6.17. The van der Waals surface area contributed by atoms with Gasteiger partial charge in [-0.15, -0.1) is 0 Å². The molecule has 0 bridgehead atoms. The van der Waals surface area contributed by atoms with Crippen molar-refractivity contribution < 1.29 is 14.3 Å². The second-order valence-corrected chi connectivity index (χ2v) is 7.84. The lowest BCUT2D eigenvalue weighted by molar-refractivity contribution is 0.00185. The molecule has 0 saturated carbocycles. The molecule has 154 valence electrons. The zero-order valence-electron chi connectivity index (χ0n) is 16.6. The quantitative estimate of drug-likeness (QED) is 0.823. The van der Waals surface area contributed by atoms with Crippen LogP contribution in [0.5, 0.6) is 0 Å². The van der Waals surface area contributed by atoms with Crippen LogP contribution in [0.4, 0.5) is 10.5 Å². The molecule has 1 N–H and O–H groups in total. The van der Waals surface area contributed by atoms with E-state index in [2.05, 4.69) is 39.4 Å². The molecule has 0 unspecified atom stereocenters. The molecule has 3 aliphatic rings. The molecule has 28 heavy (non-hydrogen) atoms. The number of hydrogen-bond acceptors (Lipinski definition) is 5. The molecule has 1 aromatic rings. The molecule has 0 aliphatic carbocycles. The Kier molecular flexibility index (Phi) is 6.67. The number of urea groups is 1. The number of carbonyl (C=O) groups excluding carboxylic acids is 1. The van der Waals surface area contributed by atoms with E-state index in [1.54, 1.807) is 0 Å². The number of benzene rings is 1. The summed E-state index contributed by atoms with van der Waals surface area (Å²) in [4.78, 5) is 19.5. The first-order valence-electron chi connectivity index (χ1n) is 10.5. The molecular weight excluding hydrogens is 356 g/mol. The van der Waals surface area contributed by atoms with Gasteiger partial charge in [-0.05, 0) is 18.6 Å². The Hall–Kier alpha value is -1.83. The number of anilines is 1. The van der Waals surface area contributed by atoms with Crippen molar-refractivity contribution in [3.8, 4) is 0 Å². The van der Waals surface area contributed by atoms with E-state index in [4.69, 9.17) is 9.47 Å². The maximum Gasteiger partial charge on any atom is 0.317 e. The normalized spacial score (nSPS) is 24.9. The van der Waals surface area contributed by atoms with Gasteiger partial charge < -0.3 is 24.6 Å². The average molecular weight is 389 g/mol. The monoisotopic (exact) mass is 388 g/mol. The first-order chi connectivity index (χ1) is 13.8. The molecule has 0 radical (unpaired) electrons. The lowest BCUT2D eigenvalue weighted by Crippen LogP contribution is -2.56. The molecule has 3 aliphatic heterocycles. The van der Waals surface area contributed by atoms with Crippen molar-refractivity contribution in [1.82, 2.24) is 15.1 Å². The van der Waals surface area contributed by atoms with Crippen LogP contribution in [0, 0.1) is 5.92 Å². The highest BCUT2D eigenvalue weighted by Gasteiger charge is 2.32. The van der Waals surface area contributed by atoms with E-state index in [9.17, 15) is 4.79 Å². The van der Waals surface area contributed by atoms with Gasteiger partial charge in [0, 0.05) is 70.1 Å². The van der Waals surface area contributed by atoms with E-state index in [-0.39, 0.29) is 6.03 Å². The minimum absolute atomic E-state index is 0.0601. The first-order valence-corrected chi connectivity index (χ1v) is 10.5. The highest BCUT2D eigenvalue weighted by Crippen LogP contribution is 2.22. The Morgan fingerprint density at radius 1 is 1.00 bits per heavy atom. The van der Waals surface area contributed by atoms with Crippen molar-refractivity contribution in [1.29, 1.82) is 0 Å². The second kappa shape index (κ2) is 9.58. The van der Waals surface area contributed by atoms with E-state index < -0.39 is 0 Å². The van der Waals surface area contributed by atoms with Crippen LogP contribution >= 0.6 is 0 Å². The molecule has 2 amide bonds. The van der Waals surface area contributed by atoms with E-state index >= 15 is 0 Å². The number of para-hydroxylation sites is 1. The van der Waals surface area contributed by atoms with Crippen LogP contribution in [-0.4, -0.2) is 94.1 Å². The molecule has 0 aromatic heterocycles. The zero-order chi connectivity index (χ0) is 19.2. The molecule has 3 fully saturated rings. The van der Waals surface area contributed by atoms with Crippen LogP contribution in [0.1, 0.15) is 6.42 Å².